The lowest BCUT2D eigenvalue weighted by molar-refractivity contribution is -0.143. The van der Waals surface area contributed by atoms with E-state index in [4.69, 9.17) is 9.47 Å². The second-order valence-corrected chi connectivity index (χ2v) is 7.81. The lowest BCUT2D eigenvalue weighted by atomic mass is 10.0. The van der Waals surface area contributed by atoms with Gasteiger partial charge >= 0.3 is 18.1 Å². The summed E-state index contributed by atoms with van der Waals surface area (Å²) in [7, 11) is 1.27. The zero-order valence-electron chi connectivity index (χ0n) is 17.4. The van der Waals surface area contributed by atoms with Crippen molar-refractivity contribution in [3.63, 3.8) is 0 Å². The van der Waals surface area contributed by atoms with Crippen LogP contribution in [0.15, 0.2) is 30.3 Å². The van der Waals surface area contributed by atoms with Gasteiger partial charge in [0.15, 0.2) is 0 Å². The molecule has 0 heterocycles. The summed E-state index contributed by atoms with van der Waals surface area (Å²) in [5.41, 5.74) is -0.0251. The van der Waals surface area contributed by atoms with Gasteiger partial charge in [-0.1, -0.05) is 44.2 Å². The largest absolute Gasteiger partial charge is 0.467 e. The second kappa shape index (κ2) is 10.5. The molecule has 0 aliphatic rings. The van der Waals surface area contributed by atoms with Gasteiger partial charge in [0.1, 0.15) is 17.8 Å². The molecule has 156 valence electrons. The minimum Gasteiger partial charge on any atom is -0.467 e. The zero-order valence-corrected chi connectivity index (χ0v) is 17.4. The maximum atomic E-state index is 12.5. The average molecular weight is 393 g/mol. The number of carbonyl (C=O) groups is 3. The summed E-state index contributed by atoms with van der Waals surface area (Å²) in [6.07, 6.45) is -1.09. The molecular formula is C20H31N3O5. The number of nitrogens with one attached hydrogen (secondary N) is 3. The molecule has 2 atom stereocenters. The van der Waals surface area contributed by atoms with Crippen molar-refractivity contribution in [2.24, 2.45) is 5.92 Å². The zero-order chi connectivity index (χ0) is 21.3. The molecule has 3 amide bonds. The predicted octanol–water partition coefficient (Wildman–Crippen LogP) is 3.10. The first-order valence-corrected chi connectivity index (χ1v) is 9.21. The Balaban J connectivity index is 2.88. The average Bonchev–Trinajstić information content (AvgIpc) is 2.58. The number of methoxy groups -OCH3 is 1. The molecule has 0 spiro atoms. The highest BCUT2D eigenvalue weighted by molar-refractivity contribution is 5.84. The van der Waals surface area contributed by atoms with Gasteiger partial charge in [0.05, 0.1) is 7.11 Å². The van der Waals surface area contributed by atoms with Crippen molar-refractivity contribution < 1.29 is 23.9 Å². The van der Waals surface area contributed by atoms with Gasteiger partial charge in [-0.15, -0.1) is 0 Å². The first-order chi connectivity index (χ1) is 13.0. The van der Waals surface area contributed by atoms with Crippen molar-refractivity contribution >= 4 is 18.1 Å². The molecule has 0 saturated heterocycles. The quantitative estimate of drug-likeness (QED) is 0.488. The summed E-state index contributed by atoms with van der Waals surface area (Å²) in [5.74, 6) is -0.352. The number of alkyl carbamates (subject to hydrolysis) is 1. The number of carbonyl (C=O) groups excluding carboxylic acids is 3. The van der Waals surface area contributed by atoms with Crippen LogP contribution in [0, 0.1) is 5.92 Å². The van der Waals surface area contributed by atoms with E-state index in [2.05, 4.69) is 16.0 Å². The minimum absolute atomic E-state index is 0.175. The van der Waals surface area contributed by atoms with E-state index in [1.807, 2.05) is 19.9 Å². The fraction of sp³-hybridized carbons (Fsp3) is 0.550. The van der Waals surface area contributed by atoms with Crippen LogP contribution in [-0.4, -0.2) is 36.8 Å². The fourth-order valence-corrected chi connectivity index (χ4v) is 2.43. The number of ether oxygens (including phenoxy) is 2. The molecule has 1 aromatic rings. The Bertz CT molecular complexity index is 656. The third-order valence-electron chi connectivity index (χ3n) is 3.57. The van der Waals surface area contributed by atoms with Gasteiger partial charge in [-0.25, -0.2) is 14.4 Å². The Morgan fingerprint density at radius 3 is 2.11 bits per heavy atom. The van der Waals surface area contributed by atoms with Gasteiger partial charge < -0.3 is 20.1 Å². The molecule has 1 rings (SSSR count). The van der Waals surface area contributed by atoms with Crippen LogP contribution in [0.2, 0.25) is 0 Å². The molecule has 0 bridgehead atoms. The normalized spacial score (nSPS) is 13.2. The fourth-order valence-electron chi connectivity index (χ4n) is 2.43. The molecule has 0 aliphatic heterocycles. The first-order valence-electron chi connectivity index (χ1n) is 9.21. The Labute approximate surface area is 166 Å². The van der Waals surface area contributed by atoms with E-state index in [-0.39, 0.29) is 5.92 Å². The van der Waals surface area contributed by atoms with Gasteiger partial charge in [0.2, 0.25) is 0 Å². The first kappa shape index (κ1) is 23.3. The summed E-state index contributed by atoms with van der Waals surface area (Å²) < 4.78 is 10.0. The summed E-state index contributed by atoms with van der Waals surface area (Å²) in [5, 5.41) is 7.90. The van der Waals surface area contributed by atoms with Crippen LogP contribution in [-0.2, 0) is 14.3 Å². The molecule has 0 unspecified atom stereocenters. The number of amides is 3. The third-order valence-corrected chi connectivity index (χ3v) is 3.57. The van der Waals surface area contributed by atoms with Crippen molar-refractivity contribution in [3.8, 4) is 0 Å². The van der Waals surface area contributed by atoms with E-state index >= 15 is 0 Å². The number of hydrogen-bond donors (Lipinski definition) is 3. The van der Waals surface area contributed by atoms with Crippen LogP contribution in [0.5, 0.6) is 0 Å². The summed E-state index contributed by atoms with van der Waals surface area (Å²) in [6.45, 7) is 9.12. The number of esters is 1. The molecule has 3 N–H and O–H groups in total. The van der Waals surface area contributed by atoms with Crippen LogP contribution in [0.4, 0.5) is 9.59 Å². The van der Waals surface area contributed by atoms with Crippen molar-refractivity contribution in [1.29, 1.82) is 0 Å². The smallest absolute Gasteiger partial charge is 0.409 e. The highest BCUT2D eigenvalue weighted by Gasteiger charge is 2.26. The lowest BCUT2D eigenvalue weighted by Crippen LogP contribution is -2.51. The number of hydrogen-bond acceptors (Lipinski definition) is 5. The molecule has 0 aliphatic carbocycles. The summed E-state index contributed by atoms with van der Waals surface area (Å²) in [6, 6.07) is 7.51. The van der Waals surface area contributed by atoms with Crippen molar-refractivity contribution in [2.45, 2.75) is 58.8 Å². The van der Waals surface area contributed by atoms with Crippen molar-refractivity contribution in [2.75, 3.05) is 7.11 Å². The molecular weight excluding hydrogens is 362 g/mol. The van der Waals surface area contributed by atoms with E-state index in [9.17, 15) is 14.4 Å². The van der Waals surface area contributed by atoms with E-state index in [1.165, 1.54) is 7.11 Å². The van der Waals surface area contributed by atoms with Crippen molar-refractivity contribution in [1.82, 2.24) is 16.0 Å². The Hall–Kier alpha value is -2.77. The van der Waals surface area contributed by atoms with Gasteiger partial charge in [0, 0.05) is 0 Å². The number of benzene rings is 1. The topological polar surface area (TPSA) is 106 Å². The maximum Gasteiger partial charge on any atom is 0.409 e. The maximum absolute atomic E-state index is 12.5. The van der Waals surface area contributed by atoms with Crippen LogP contribution in [0.3, 0.4) is 0 Å². The van der Waals surface area contributed by atoms with E-state index < -0.39 is 35.9 Å². The number of rotatable bonds is 7. The molecule has 0 fully saturated rings. The SMILES string of the molecule is COC(=O)[C@H](CC(C)C)NC(=O)N[C@@H](NC(=O)OC(C)(C)C)c1ccccc1. The van der Waals surface area contributed by atoms with Gasteiger partial charge in [0.25, 0.3) is 0 Å². The van der Waals surface area contributed by atoms with Gasteiger partial charge in [-0.05, 0) is 38.7 Å². The van der Waals surface area contributed by atoms with Crippen LogP contribution >= 0.6 is 0 Å². The second-order valence-electron chi connectivity index (χ2n) is 7.81. The lowest BCUT2D eigenvalue weighted by Gasteiger charge is -2.25. The molecule has 28 heavy (non-hydrogen) atoms. The third kappa shape index (κ3) is 8.75. The van der Waals surface area contributed by atoms with E-state index in [0.717, 1.165) is 0 Å². The molecule has 1 aromatic carbocycles. The predicted molar refractivity (Wildman–Crippen MR) is 105 cm³/mol. The standard InChI is InChI=1S/C20H31N3O5/c1-13(2)12-15(17(24)27-6)21-18(25)22-16(14-10-8-7-9-11-14)23-19(26)28-20(3,4)5/h7-11,13,15-16H,12H2,1-6H3,(H,23,26)(H2,21,22,25)/t15-,16-/m0/s1. The highest BCUT2D eigenvalue weighted by Crippen LogP contribution is 2.13. The Morgan fingerprint density at radius 1 is 1.00 bits per heavy atom. The molecule has 0 radical (unpaired) electrons. The molecule has 0 aromatic heterocycles. The Morgan fingerprint density at radius 2 is 1.61 bits per heavy atom. The van der Waals surface area contributed by atoms with Crippen LogP contribution in [0.25, 0.3) is 0 Å². The monoisotopic (exact) mass is 393 g/mol. The summed E-state index contributed by atoms with van der Waals surface area (Å²) >= 11 is 0. The van der Waals surface area contributed by atoms with Crippen LogP contribution < -0.4 is 16.0 Å². The minimum atomic E-state index is -0.839. The van der Waals surface area contributed by atoms with E-state index in [0.29, 0.717) is 12.0 Å². The highest BCUT2D eigenvalue weighted by atomic mass is 16.6. The van der Waals surface area contributed by atoms with Crippen molar-refractivity contribution in [3.05, 3.63) is 35.9 Å². The molecule has 8 heteroatoms. The molecule has 8 nitrogen and oxygen atoms in total. The molecule has 0 saturated carbocycles. The van der Waals surface area contributed by atoms with Gasteiger partial charge in [-0.3, -0.25) is 5.32 Å². The number of urea groups is 1. The summed E-state index contributed by atoms with van der Waals surface area (Å²) in [4.78, 5) is 36.6. The van der Waals surface area contributed by atoms with Gasteiger partial charge in [-0.2, -0.15) is 0 Å². The van der Waals surface area contributed by atoms with Crippen LogP contribution in [0.1, 0.15) is 52.8 Å². The Kier molecular flexibility index (Phi) is 8.76. The van der Waals surface area contributed by atoms with E-state index in [1.54, 1.807) is 45.0 Å².